The van der Waals surface area contributed by atoms with E-state index < -0.39 is 0 Å². The van der Waals surface area contributed by atoms with Gasteiger partial charge >= 0.3 is 0 Å². The Morgan fingerprint density at radius 2 is 1.67 bits per heavy atom. The standard InChI is InChI=1S/C14H15FN2O/c1-10-3-4-11(2)17(10)9-14(18)16-13-7-5-12(15)6-8-13/h3-8H,9H2,1-2H3,(H,16,18). The SMILES string of the molecule is Cc1ccc(C)n1CC(=O)Nc1ccc(F)cc1. The van der Waals surface area contributed by atoms with Gasteiger partial charge in [0, 0.05) is 17.1 Å². The smallest absolute Gasteiger partial charge is 0.244 e. The molecule has 0 aliphatic heterocycles. The predicted molar refractivity (Wildman–Crippen MR) is 68.9 cm³/mol. The Labute approximate surface area is 105 Å². The molecule has 94 valence electrons. The molecule has 0 fully saturated rings. The molecule has 0 saturated carbocycles. The van der Waals surface area contributed by atoms with Crippen LogP contribution in [0, 0.1) is 19.7 Å². The monoisotopic (exact) mass is 246 g/mol. The lowest BCUT2D eigenvalue weighted by atomic mass is 10.3. The quantitative estimate of drug-likeness (QED) is 0.887. The van der Waals surface area contributed by atoms with Crippen LogP contribution in [0.4, 0.5) is 10.1 Å². The van der Waals surface area contributed by atoms with E-state index in [9.17, 15) is 9.18 Å². The average Bonchev–Trinajstić information content (AvgIpc) is 2.64. The maximum atomic E-state index is 12.7. The Balaban J connectivity index is 2.03. The van der Waals surface area contributed by atoms with E-state index in [1.54, 1.807) is 12.1 Å². The van der Waals surface area contributed by atoms with E-state index in [-0.39, 0.29) is 18.3 Å². The van der Waals surface area contributed by atoms with Crippen LogP contribution in [0.3, 0.4) is 0 Å². The van der Waals surface area contributed by atoms with Crippen LogP contribution in [0.25, 0.3) is 0 Å². The molecule has 18 heavy (non-hydrogen) atoms. The van der Waals surface area contributed by atoms with Gasteiger partial charge in [-0.1, -0.05) is 0 Å². The first-order valence-electron chi connectivity index (χ1n) is 5.74. The second kappa shape index (κ2) is 5.04. The lowest BCUT2D eigenvalue weighted by Crippen LogP contribution is -2.20. The molecule has 1 N–H and O–H groups in total. The fourth-order valence-corrected chi connectivity index (χ4v) is 1.83. The second-order valence-electron chi connectivity index (χ2n) is 4.26. The predicted octanol–water partition coefficient (Wildman–Crippen LogP) is 2.88. The number of halogens is 1. The van der Waals surface area contributed by atoms with Gasteiger partial charge < -0.3 is 9.88 Å². The summed E-state index contributed by atoms with van der Waals surface area (Å²) in [4.78, 5) is 11.8. The zero-order chi connectivity index (χ0) is 13.1. The molecule has 4 heteroatoms. The van der Waals surface area contributed by atoms with Gasteiger partial charge in [-0.05, 0) is 50.2 Å². The molecule has 0 unspecified atom stereocenters. The molecular weight excluding hydrogens is 231 g/mol. The third-order valence-electron chi connectivity index (χ3n) is 2.85. The lowest BCUT2D eigenvalue weighted by molar-refractivity contribution is -0.116. The third kappa shape index (κ3) is 2.77. The van der Waals surface area contributed by atoms with Crippen LogP contribution >= 0.6 is 0 Å². The molecule has 1 heterocycles. The van der Waals surface area contributed by atoms with Gasteiger partial charge in [0.25, 0.3) is 0 Å². The van der Waals surface area contributed by atoms with E-state index >= 15 is 0 Å². The van der Waals surface area contributed by atoms with Crippen molar-refractivity contribution in [3.8, 4) is 0 Å². The number of hydrogen-bond donors (Lipinski definition) is 1. The Morgan fingerprint density at radius 1 is 1.11 bits per heavy atom. The van der Waals surface area contributed by atoms with Crippen molar-refractivity contribution in [2.75, 3.05) is 5.32 Å². The van der Waals surface area contributed by atoms with Crippen LogP contribution in [-0.4, -0.2) is 10.5 Å². The molecule has 0 spiro atoms. The van der Waals surface area contributed by atoms with Gasteiger partial charge in [0.1, 0.15) is 12.4 Å². The number of amides is 1. The van der Waals surface area contributed by atoms with Crippen molar-refractivity contribution in [1.82, 2.24) is 4.57 Å². The normalized spacial score (nSPS) is 10.4. The number of nitrogens with zero attached hydrogens (tertiary/aromatic N) is 1. The van der Waals surface area contributed by atoms with Gasteiger partial charge in [0.05, 0.1) is 0 Å². The Morgan fingerprint density at radius 3 is 2.22 bits per heavy atom. The summed E-state index contributed by atoms with van der Waals surface area (Å²) in [6.07, 6.45) is 0. The molecule has 1 amide bonds. The third-order valence-corrected chi connectivity index (χ3v) is 2.85. The summed E-state index contributed by atoms with van der Waals surface area (Å²) in [6.45, 7) is 4.18. The largest absolute Gasteiger partial charge is 0.340 e. The highest BCUT2D eigenvalue weighted by Crippen LogP contribution is 2.10. The molecule has 3 nitrogen and oxygen atoms in total. The number of hydrogen-bond acceptors (Lipinski definition) is 1. The lowest BCUT2D eigenvalue weighted by Gasteiger charge is -2.10. The molecule has 1 aromatic carbocycles. The number of aromatic nitrogens is 1. The van der Waals surface area contributed by atoms with Gasteiger partial charge in [0.15, 0.2) is 0 Å². The van der Waals surface area contributed by atoms with Crippen LogP contribution in [0.1, 0.15) is 11.4 Å². The maximum absolute atomic E-state index is 12.7. The molecule has 0 aliphatic rings. The van der Waals surface area contributed by atoms with E-state index in [1.807, 2.05) is 30.5 Å². The van der Waals surface area contributed by atoms with Crippen LogP contribution in [0.2, 0.25) is 0 Å². The number of rotatable bonds is 3. The zero-order valence-corrected chi connectivity index (χ0v) is 10.4. The topological polar surface area (TPSA) is 34.0 Å². The number of benzene rings is 1. The Hall–Kier alpha value is -2.10. The van der Waals surface area contributed by atoms with E-state index in [0.717, 1.165) is 11.4 Å². The van der Waals surface area contributed by atoms with Crippen molar-refractivity contribution >= 4 is 11.6 Å². The number of nitrogens with one attached hydrogen (secondary N) is 1. The number of carbonyl (C=O) groups excluding carboxylic acids is 1. The van der Waals surface area contributed by atoms with Crippen LogP contribution in [0.5, 0.6) is 0 Å². The highest BCUT2D eigenvalue weighted by atomic mass is 19.1. The molecule has 0 aliphatic carbocycles. The highest BCUT2D eigenvalue weighted by Gasteiger charge is 2.07. The zero-order valence-electron chi connectivity index (χ0n) is 10.4. The van der Waals surface area contributed by atoms with Gasteiger partial charge in [-0.2, -0.15) is 0 Å². The van der Waals surface area contributed by atoms with Crippen molar-refractivity contribution in [3.05, 3.63) is 53.6 Å². The minimum Gasteiger partial charge on any atom is -0.340 e. The molecule has 0 bridgehead atoms. The maximum Gasteiger partial charge on any atom is 0.244 e. The molecule has 2 rings (SSSR count). The first-order chi connectivity index (χ1) is 8.56. The van der Waals surface area contributed by atoms with Gasteiger partial charge in [-0.25, -0.2) is 4.39 Å². The van der Waals surface area contributed by atoms with Crippen LogP contribution in [0.15, 0.2) is 36.4 Å². The van der Waals surface area contributed by atoms with Crippen LogP contribution < -0.4 is 5.32 Å². The fraction of sp³-hybridized carbons (Fsp3) is 0.214. The van der Waals surface area contributed by atoms with Gasteiger partial charge in [-0.15, -0.1) is 0 Å². The summed E-state index contributed by atoms with van der Waals surface area (Å²) in [6, 6.07) is 9.68. The van der Waals surface area contributed by atoms with Crippen molar-refractivity contribution < 1.29 is 9.18 Å². The van der Waals surface area contributed by atoms with Gasteiger partial charge in [0.2, 0.25) is 5.91 Å². The minimum atomic E-state index is -0.315. The number of anilines is 1. The summed E-state index contributed by atoms with van der Waals surface area (Å²) < 4.78 is 14.6. The summed E-state index contributed by atoms with van der Waals surface area (Å²) >= 11 is 0. The Bertz CT molecular complexity index is 538. The molecule has 1 aromatic heterocycles. The van der Waals surface area contributed by atoms with Crippen molar-refractivity contribution in [2.24, 2.45) is 0 Å². The fourth-order valence-electron chi connectivity index (χ4n) is 1.83. The van der Waals surface area contributed by atoms with E-state index in [0.29, 0.717) is 5.69 Å². The molecule has 0 radical (unpaired) electrons. The number of aryl methyl sites for hydroxylation is 2. The molecule has 0 saturated heterocycles. The minimum absolute atomic E-state index is 0.121. The number of carbonyl (C=O) groups is 1. The summed E-state index contributed by atoms with van der Waals surface area (Å²) in [5.41, 5.74) is 2.69. The second-order valence-corrected chi connectivity index (χ2v) is 4.26. The summed E-state index contributed by atoms with van der Waals surface area (Å²) in [5.74, 6) is -0.436. The van der Waals surface area contributed by atoms with E-state index in [1.165, 1.54) is 12.1 Å². The van der Waals surface area contributed by atoms with Crippen molar-refractivity contribution in [3.63, 3.8) is 0 Å². The van der Waals surface area contributed by atoms with Crippen LogP contribution in [-0.2, 0) is 11.3 Å². The van der Waals surface area contributed by atoms with Crippen molar-refractivity contribution in [1.29, 1.82) is 0 Å². The van der Waals surface area contributed by atoms with E-state index in [4.69, 9.17) is 0 Å². The van der Waals surface area contributed by atoms with Crippen molar-refractivity contribution in [2.45, 2.75) is 20.4 Å². The summed E-state index contributed by atoms with van der Waals surface area (Å²) in [7, 11) is 0. The molecule has 2 aromatic rings. The van der Waals surface area contributed by atoms with E-state index in [2.05, 4.69) is 5.32 Å². The average molecular weight is 246 g/mol. The first-order valence-corrected chi connectivity index (χ1v) is 5.74. The van der Waals surface area contributed by atoms with Gasteiger partial charge in [-0.3, -0.25) is 4.79 Å². The molecule has 0 atom stereocenters. The summed E-state index contributed by atoms with van der Waals surface area (Å²) in [5, 5.41) is 2.74. The highest BCUT2D eigenvalue weighted by molar-refractivity contribution is 5.90. The Kier molecular flexibility index (Phi) is 3.46. The first kappa shape index (κ1) is 12.4. The molecular formula is C14H15FN2O.